The average molecular weight is 210 g/mol. The Hall–Kier alpha value is 0.488. The van der Waals surface area contributed by atoms with E-state index in [4.69, 9.17) is 12.3 Å². The molecule has 10 heavy (non-hydrogen) atoms. The minimum Gasteiger partial charge on any atom is -0.425 e. The Morgan fingerprint density at radius 2 is 1.60 bits per heavy atom. The van der Waals surface area contributed by atoms with E-state index in [0.29, 0.717) is 31.5 Å². The van der Waals surface area contributed by atoms with Gasteiger partial charge in [-0.25, -0.2) is 0 Å². The van der Waals surface area contributed by atoms with Crippen molar-refractivity contribution in [2.24, 2.45) is 0 Å². The van der Waals surface area contributed by atoms with E-state index in [0.717, 1.165) is 6.04 Å². The first-order valence-electron chi connectivity index (χ1n) is 3.01. The van der Waals surface area contributed by atoms with Gasteiger partial charge >= 0.3 is 8.80 Å². The van der Waals surface area contributed by atoms with Crippen molar-refractivity contribution in [3.8, 4) is 0 Å². The van der Waals surface area contributed by atoms with Crippen LogP contribution >= 0.6 is 0 Å². The van der Waals surface area contributed by atoms with Crippen molar-refractivity contribution >= 4 is 40.3 Å². The fourth-order valence-corrected chi connectivity index (χ4v) is 9.53. The van der Waals surface area contributed by atoms with Crippen LogP contribution in [0.2, 0.25) is 6.04 Å². The highest BCUT2D eigenvalue weighted by molar-refractivity contribution is 6.69. The first-order chi connectivity index (χ1) is 4.74. The molecule has 0 saturated carbocycles. The SMILES string of the molecule is C=CC[Si](O[SiH3])(O[SiH3])O[SiH3]. The van der Waals surface area contributed by atoms with Gasteiger partial charge in [0.2, 0.25) is 0 Å². The molecular weight excluding hydrogens is 196 g/mol. The van der Waals surface area contributed by atoms with Gasteiger partial charge in [-0.3, -0.25) is 0 Å². The molecule has 0 spiro atoms. The largest absolute Gasteiger partial charge is 0.471 e. The summed E-state index contributed by atoms with van der Waals surface area (Å²) in [4.78, 5) is 0. The summed E-state index contributed by atoms with van der Waals surface area (Å²) >= 11 is 0. The maximum absolute atomic E-state index is 5.31. The van der Waals surface area contributed by atoms with Gasteiger partial charge in [0.25, 0.3) is 0 Å². The van der Waals surface area contributed by atoms with Gasteiger partial charge in [-0.1, -0.05) is 6.08 Å². The van der Waals surface area contributed by atoms with Crippen LogP contribution in [0.5, 0.6) is 0 Å². The maximum atomic E-state index is 5.31. The predicted molar refractivity (Wildman–Crippen MR) is 53.8 cm³/mol. The predicted octanol–water partition coefficient (Wildman–Crippen LogP) is -3.00. The Bertz CT molecular complexity index is 95.7. The summed E-state index contributed by atoms with van der Waals surface area (Å²) in [5.74, 6) is 0. The molecule has 0 amide bonds. The van der Waals surface area contributed by atoms with Gasteiger partial charge in [0.05, 0.1) is 0 Å². The second-order valence-corrected chi connectivity index (χ2v) is 8.46. The average Bonchev–Trinajstić information content (AvgIpc) is 2.01. The summed E-state index contributed by atoms with van der Waals surface area (Å²) in [6, 6.07) is 0.753. The highest BCUT2D eigenvalue weighted by atomic mass is 28.5. The van der Waals surface area contributed by atoms with E-state index in [1.807, 2.05) is 0 Å². The molecule has 0 radical (unpaired) electrons. The van der Waals surface area contributed by atoms with E-state index >= 15 is 0 Å². The highest BCUT2D eigenvalue weighted by Gasteiger charge is 2.33. The van der Waals surface area contributed by atoms with Crippen LogP contribution in [0.1, 0.15) is 0 Å². The Morgan fingerprint density at radius 3 is 1.70 bits per heavy atom. The van der Waals surface area contributed by atoms with Crippen LogP contribution < -0.4 is 0 Å². The molecule has 0 aromatic heterocycles. The fourth-order valence-electron chi connectivity index (χ4n) is 0.677. The zero-order valence-corrected chi connectivity index (χ0v) is 13.7. The smallest absolute Gasteiger partial charge is 0.425 e. The second kappa shape index (κ2) is 5.18. The van der Waals surface area contributed by atoms with Crippen LogP contribution in [0.4, 0.5) is 0 Å². The van der Waals surface area contributed by atoms with Gasteiger partial charge in [-0.15, -0.1) is 6.58 Å². The molecule has 0 heterocycles. The molecular formula is C3H14O3Si4. The monoisotopic (exact) mass is 210 g/mol. The molecule has 7 heteroatoms. The summed E-state index contributed by atoms with van der Waals surface area (Å²) in [5.41, 5.74) is 0. The molecule has 0 rings (SSSR count). The van der Waals surface area contributed by atoms with Crippen LogP contribution in [0.3, 0.4) is 0 Å². The van der Waals surface area contributed by atoms with Gasteiger partial charge in [-0.05, 0) is 0 Å². The number of hydrogen-bond donors (Lipinski definition) is 0. The Labute approximate surface area is 71.8 Å². The van der Waals surface area contributed by atoms with Crippen LogP contribution in [-0.2, 0) is 12.3 Å². The van der Waals surface area contributed by atoms with Crippen molar-refractivity contribution in [2.45, 2.75) is 6.04 Å². The minimum absolute atomic E-state index is 0.688. The van der Waals surface area contributed by atoms with Crippen LogP contribution in [0.25, 0.3) is 0 Å². The van der Waals surface area contributed by atoms with Gasteiger partial charge < -0.3 is 12.3 Å². The molecule has 0 aromatic carbocycles. The molecule has 0 bridgehead atoms. The van der Waals surface area contributed by atoms with Crippen molar-refractivity contribution in [3.63, 3.8) is 0 Å². The van der Waals surface area contributed by atoms with Crippen molar-refractivity contribution in [2.75, 3.05) is 0 Å². The first kappa shape index (κ1) is 10.5. The lowest BCUT2D eigenvalue weighted by molar-refractivity contribution is 0.300. The third kappa shape index (κ3) is 2.62. The molecule has 0 aliphatic rings. The summed E-state index contributed by atoms with van der Waals surface area (Å²) in [5, 5.41) is 0. The lowest BCUT2D eigenvalue weighted by Gasteiger charge is -2.24. The van der Waals surface area contributed by atoms with Crippen LogP contribution in [-0.4, -0.2) is 40.3 Å². The number of allylic oxidation sites excluding steroid dienone is 1. The quantitative estimate of drug-likeness (QED) is 0.358. The maximum Gasteiger partial charge on any atom is 0.471 e. The summed E-state index contributed by atoms with van der Waals surface area (Å²) in [6.07, 6.45) is 1.81. The Balaban J connectivity index is 4.00. The summed E-state index contributed by atoms with van der Waals surface area (Å²) < 4.78 is 15.9. The van der Waals surface area contributed by atoms with Gasteiger partial charge in [0.1, 0.15) is 31.5 Å². The molecule has 60 valence electrons. The zero-order valence-electron chi connectivity index (χ0n) is 6.72. The van der Waals surface area contributed by atoms with Crippen LogP contribution in [0, 0.1) is 0 Å². The van der Waals surface area contributed by atoms with E-state index < -0.39 is 8.80 Å². The van der Waals surface area contributed by atoms with Gasteiger partial charge in [0.15, 0.2) is 0 Å². The minimum atomic E-state index is -2.15. The van der Waals surface area contributed by atoms with Crippen molar-refractivity contribution in [1.29, 1.82) is 0 Å². The molecule has 0 atom stereocenters. The number of rotatable bonds is 5. The van der Waals surface area contributed by atoms with Crippen LogP contribution in [0.15, 0.2) is 12.7 Å². The highest BCUT2D eigenvalue weighted by Crippen LogP contribution is 2.10. The summed E-state index contributed by atoms with van der Waals surface area (Å²) in [6.45, 7) is 3.63. The molecule has 0 aliphatic heterocycles. The van der Waals surface area contributed by atoms with Crippen molar-refractivity contribution < 1.29 is 12.3 Å². The van der Waals surface area contributed by atoms with E-state index in [1.165, 1.54) is 0 Å². The Kier molecular flexibility index (Phi) is 5.43. The normalized spacial score (nSPS) is 17.2. The van der Waals surface area contributed by atoms with E-state index in [2.05, 4.69) is 6.58 Å². The standard InChI is InChI=1S/C3H14O3Si4/c1-2-3-10(4-7,5-8)6-9/h2H,1,3H2,7-9H3. The molecule has 0 aliphatic carbocycles. The third-order valence-corrected chi connectivity index (χ3v) is 9.58. The van der Waals surface area contributed by atoms with E-state index in [-0.39, 0.29) is 0 Å². The molecule has 0 saturated heterocycles. The van der Waals surface area contributed by atoms with Crippen molar-refractivity contribution in [3.05, 3.63) is 12.7 Å². The third-order valence-electron chi connectivity index (χ3n) is 1.33. The van der Waals surface area contributed by atoms with E-state index in [9.17, 15) is 0 Å². The molecule has 0 aromatic rings. The topological polar surface area (TPSA) is 27.7 Å². The van der Waals surface area contributed by atoms with Crippen molar-refractivity contribution in [1.82, 2.24) is 0 Å². The molecule has 0 N–H and O–H groups in total. The Morgan fingerprint density at radius 1 is 1.20 bits per heavy atom. The second-order valence-electron chi connectivity index (χ2n) is 1.79. The summed E-state index contributed by atoms with van der Waals surface area (Å²) in [7, 11) is -0.0861. The molecule has 3 nitrogen and oxygen atoms in total. The fraction of sp³-hybridized carbons (Fsp3) is 0.333. The molecule has 0 unspecified atom stereocenters. The lowest BCUT2D eigenvalue weighted by Crippen LogP contribution is -2.43. The van der Waals surface area contributed by atoms with E-state index in [1.54, 1.807) is 6.08 Å². The first-order valence-corrected chi connectivity index (χ1v) is 7.39. The lowest BCUT2D eigenvalue weighted by atomic mass is 10.8. The van der Waals surface area contributed by atoms with Gasteiger partial charge in [-0.2, -0.15) is 0 Å². The molecule has 0 fully saturated rings. The zero-order chi connectivity index (χ0) is 8.04. The number of hydrogen-bond acceptors (Lipinski definition) is 3. The van der Waals surface area contributed by atoms with Gasteiger partial charge in [0, 0.05) is 6.04 Å².